The minimum absolute atomic E-state index is 0.0691. The summed E-state index contributed by atoms with van der Waals surface area (Å²) in [6.07, 6.45) is 3.74. The summed E-state index contributed by atoms with van der Waals surface area (Å²) in [5.41, 5.74) is 2.80. The number of nitrogens with one attached hydrogen (secondary N) is 3. The topological polar surface area (TPSA) is 259 Å². The van der Waals surface area contributed by atoms with E-state index in [0.717, 1.165) is 5.56 Å². The van der Waals surface area contributed by atoms with Crippen molar-refractivity contribution in [1.29, 1.82) is 0 Å². The maximum atomic E-state index is 12.9. The number of carbonyl (C=O) groups is 1. The summed E-state index contributed by atoms with van der Waals surface area (Å²) in [6, 6.07) is 12.8. The molecule has 2 amide bonds. The minimum Gasteiger partial charge on any atom is -0.394 e. The zero-order chi connectivity index (χ0) is 37.3. The van der Waals surface area contributed by atoms with Gasteiger partial charge in [0.15, 0.2) is 17.0 Å². The highest BCUT2D eigenvalue weighted by Gasteiger charge is 2.44. The lowest BCUT2D eigenvalue weighted by molar-refractivity contribution is 0.00720. The molecule has 1 aliphatic heterocycles. The Morgan fingerprint density at radius 1 is 1.00 bits per heavy atom. The van der Waals surface area contributed by atoms with Crippen molar-refractivity contribution in [3.8, 4) is 0 Å². The summed E-state index contributed by atoms with van der Waals surface area (Å²) < 4.78 is 26.4. The van der Waals surface area contributed by atoms with Gasteiger partial charge < -0.3 is 45.8 Å². The maximum absolute atomic E-state index is 12.9. The molecule has 0 unspecified atom stereocenters. The quantitative estimate of drug-likeness (QED) is 0.0866. The maximum Gasteiger partial charge on any atom is 0.319 e. The number of nitrogens with zero attached hydrogens (tertiary/aromatic N) is 7. The van der Waals surface area contributed by atoms with E-state index in [1.165, 1.54) is 30.5 Å². The normalized spacial score (nSPS) is 22.3. The van der Waals surface area contributed by atoms with Crippen LogP contribution in [0.15, 0.2) is 78.2 Å². The van der Waals surface area contributed by atoms with Crippen LogP contribution in [0, 0.1) is 0 Å². The van der Waals surface area contributed by atoms with Crippen molar-refractivity contribution in [2.24, 2.45) is 5.14 Å². The Morgan fingerprint density at radius 2 is 1.75 bits per heavy atom. The van der Waals surface area contributed by atoms with E-state index in [4.69, 9.17) is 15.1 Å². The van der Waals surface area contributed by atoms with Crippen LogP contribution in [-0.4, -0.2) is 108 Å². The number of imidazole rings is 1. The van der Waals surface area contributed by atoms with Crippen LogP contribution in [0.4, 0.5) is 22.2 Å². The molecule has 0 bridgehead atoms. The standard InChI is InChI=1S/C34H41N11O7S/c35-53(51,52)25-8-6-22(7-9-25)39-34(50)40-23-10-11-43(16-23)33-41-31(38-24(18-47)12-20-4-2-1-3-5-20)28-32(42-33)44(19-36-28)26-13-27(30(49)29(26)48)45-15-21(17-46)14-37-45/h1-9,14-15,19,23-24,26-27,29-30,46-49H,10-13,16-18H2,(H2,35,51,52)(H,38,41,42)(H2,39,40,50)/t23-,24+,26-,27+,29+,30-/m1/s1. The van der Waals surface area contributed by atoms with Crippen molar-refractivity contribution in [3.63, 3.8) is 0 Å². The van der Waals surface area contributed by atoms with Crippen molar-refractivity contribution >= 4 is 44.7 Å². The molecule has 2 aromatic carbocycles. The number of aliphatic hydroxyl groups excluding tert-OH is 4. The van der Waals surface area contributed by atoms with Gasteiger partial charge in [-0.25, -0.2) is 23.3 Å². The van der Waals surface area contributed by atoms with E-state index < -0.39 is 46.4 Å². The van der Waals surface area contributed by atoms with Gasteiger partial charge in [0.1, 0.15) is 12.2 Å². The Bertz CT molecular complexity index is 2160. The molecule has 0 radical (unpaired) electrons. The third-order valence-electron chi connectivity index (χ3n) is 9.70. The summed E-state index contributed by atoms with van der Waals surface area (Å²) in [7, 11) is -3.87. The molecule has 3 aromatic heterocycles. The van der Waals surface area contributed by atoms with Crippen molar-refractivity contribution in [2.45, 2.75) is 67.1 Å². The molecular formula is C34H41N11O7S. The number of nitrogens with two attached hydrogens (primary N) is 1. The minimum atomic E-state index is -3.87. The highest BCUT2D eigenvalue weighted by Crippen LogP contribution is 2.40. The van der Waals surface area contributed by atoms with Gasteiger partial charge >= 0.3 is 6.03 Å². The summed E-state index contributed by atoms with van der Waals surface area (Å²) >= 11 is 0. The SMILES string of the molecule is NS(=O)(=O)c1ccc(NC(=O)N[C@@H]2CCN(c3nc(N[C@H](CO)Cc4ccccc4)c4ncn([C@@H]5C[C@H](n6cc(CO)cn6)[C@@H](O)[C@H]5O)c4n3)C2)cc1. The van der Waals surface area contributed by atoms with Gasteiger partial charge in [-0.2, -0.15) is 15.1 Å². The monoisotopic (exact) mass is 747 g/mol. The molecule has 0 spiro atoms. The van der Waals surface area contributed by atoms with Crippen molar-refractivity contribution in [2.75, 3.05) is 35.2 Å². The first-order valence-corrected chi connectivity index (χ1v) is 18.7. The second kappa shape index (κ2) is 15.0. The smallest absolute Gasteiger partial charge is 0.319 e. The number of anilines is 3. The fourth-order valence-electron chi connectivity index (χ4n) is 6.95. The zero-order valence-corrected chi connectivity index (χ0v) is 29.3. The first-order chi connectivity index (χ1) is 25.5. The lowest BCUT2D eigenvalue weighted by atomic mass is 10.1. The molecule has 2 fully saturated rings. The van der Waals surface area contributed by atoms with E-state index >= 15 is 0 Å². The molecule has 18 nitrogen and oxygen atoms in total. The highest BCUT2D eigenvalue weighted by molar-refractivity contribution is 7.89. The number of sulfonamides is 1. The second-order valence-corrected chi connectivity index (χ2v) is 14.9. The van der Waals surface area contributed by atoms with Crippen LogP contribution in [0.25, 0.3) is 11.2 Å². The molecule has 6 atom stereocenters. The van der Waals surface area contributed by atoms with Crippen LogP contribution in [0.1, 0.15) is 36.1 Å². The Morgan fingerprint density at radius 3 is 2.45 bits per heavy atom. The van der Waals surface area contributed by atoms with Gasteiger partial charge in [0.2, 0.25) is 16.0 Å². The van der Waals surface area contributed by atoms with E-state index in [2.05, 4.69) is 26.0 Å². The number of benzene rings is 2. The molecule has 280 valence electrons. The first kappa shape index (κ1) is 36.2. The number of aromatic nitrogens is 6. The predicted molar refractivity (Wildman–Crippen MR) is 193 cm³/mol. The predicted octanol–water partition coefficient (Wildman–Crippen LogP) is 0.486. The van der Waals surface area contributed by atoms with E-state index in [9.17, 15) is 33.6 Å². The van der Waals surface area contributed by atoms with Crippen molar-refractivity contribution in [1.82, 2.24) is 34.6 Å². The average Bonchev–Trinajstić information content (AvgIpc) is 3.96. The van der Waals surface area contributed by atoms with Crippen LogP contribution in [0.3, 0.4) is 0 Å². The second-order valence-electron chi connectivity index (χ2n) is 13.3. The summed E-state index contributed by atoms with van der Waals surface area (Å²) in [5, 5.41) is 60.7. The van der Waals surface area contributed by atoms with E-state index in [0.29, 0.717) is 66.5 Å². The zero-order valence-electron chi connectivity index (χ0n) is 28.5. The Balaban J connectivity index is 1.14. The van der Waals surface area contributed by atoms with Crippen LogP contribution >= 0.6 is 0 Å². The number of aliphatic hydroxyl groups is 4. The molecule has 1 saturated heterocycles. The number of amides is 2. The van der Waals surface area contributed by atoms with E-state index in [1.807, 2.05) is 35.2 Å². The fourth-order valence-corrected chi connectivity index (χ4v) is 7.46. The Hall–Kier alpha value is -5.18. The van der Waals surface area contributed by atoms with Crippen LogP contribution < -0.4 is 26.0 Å². The van der Waals surface area contributed by atoms with E-state index in [1.54, 1.807) is 21.8 Å². The Kier molecular flexibility index (Phi) is 10.3. The number of carbonyl (C=O) groups excluding carboxylic acids is 1. The largest absolute Gasteiger partial charge is 0.394 e. The summed E-state index contributed by atoms with van der Waals surface area (Å²) in [5.74, 6) is 0.714. The molecule has 2 aliphatic rings. The van der Waals surface area contributed by atoms with Crippen LogP contribution in [0.2, 0.25) is 0 Å². The molecule has 7 rings (SSSR count). The molecule has 5 aromatic rings. The molecule has 4 heterocycles. The van der Waals surface area contributed by atoms with Gasteiger partial charge in [0, 0.05) is 36.6 Å². The van der Waals surface area contributed by atoms with Gasteiger partial charge in [-0.1, -0.05) is 30.3 Å². The molecule has 1 saturated carbocycles. The third kappa shape index (κ3) is 7.80. The third-order valence-corrected chi connectivity index (χ3v) is 10.6. The molecule has 53 heavy (non-hydrogen) atoms. The molecule has 1 aliphatic carbocycles. The Labute approximate surface area is 304 Å². The molecule has 19 heteroatoms. The number of primary sulfonamides is 1. The van der Waals surface area contributed by atoms with Crippen molar-refractivity contribution < 1.29 is 33.6 Å². The van der Waals surface area contributed by atoms with Gasteiger partial charge in [-0.3, -0.25) is 4.68 Å². The van der Waals surface area contributed by atoms with Gasteiger partial charge in [-0.05, 0) is 49.1 Å². The van der Waals surface area contributed by atoms with Gasteiger partial charge in [0.25, 0.3) is 0 Å². The number of fused-ring (bicyclic) bond motifs is 1. The summed E-state index contributed by atoms with van der Waals surface area (Å²) in [6.45, 7) is 0.467. The number of hydrogen-bond donors (Lipinski definition) is 8. The highest BCUT2D eigenvalue weighted by atomic mass is 32.2. The van der Waals surface area contributed by atoms with Crippen LogP contribution in [0.5, 0.6) is 0 Å². The number of urea groups is 1. The fraction of sp³-hybridized carbons (Fsp3) is 0.382. The number of hydrogen-bond acceptors (Lipinski definition) is 13. The summed E-state index contributed by atoms with van der Waals surface area (Å²) in [4.78, 5) is 29.1. The van der Waals surface area contributed by atoms with Gasteiger partial charge in [-0.15, -0.1) is 0 Å². The average molecular weight is 748 g/mol. The lowest BCUT2D eigenvalue weighted by Gasteiger charge is -2.22. The molecule has 9 N–H and O–H groups in total. The molecular weight excluding hydrogens is 707 g/mol. The van der Waals surface area contributed by atoms with Gasteiger partial charge in [0.05, 0.1) is 48.8 Å². The van der Waals surface area contributed by atoms with Crippen LogP contribution in [-0.2, 0) is 23.1 Å². The number of rotatable bonds is 12. The van der Waals surface area contributed by atoms with E-state index in [-0.39, 0.29) is 24.2 Å². The first-order valence-electron chi connectivity index (χ1n) is 17.1. The van der Waals surface area contributed by atoms with Crippen molar-refractivity contribution in [3.05, 3.63) is 84.4 Å². The lowest BCUT2D eigenvalue weighted by Crippen LogP contribution is -2.40.